The van der Waals surface area contributed by atoms with Gasteiger partial charge in [-0.05, 0) is 130 Å². The van der Waals surface area contributed by atoms with Crippen molar-refractivity contribution >= 4 is 241 Å². The number of aliphatic hydroxyl groups is 1. The largest absolute Gasteiger partial charge is 0.253 e. The maximum atomic E-state index is 14.6. The summed E-state index contributed by atoms with van der Waals surface area (Å²) in [5.74, 6) is -14.2. The van der Waals surface area contributed by atoms with Gasteiger partial charge in [0.1, 0.15) is 51.7 Å². The third-order valence-corrected chi connectivity index (χ3v) is 21.3. The van der Waals surface area contributed by atoms with E-state index in [9.17, 15) is 70.7 Å². The van der Waals surface area contributed by atoms with Gasteiger partial charge in [0, 0.05) is 102 Å². The summed E-state index contributed by atoms with van der Waals surface area (Å²) in [5, 5.41) is 75.7. The number of ether oxygens (including phenoxy) is 4. The fraction of sp³-hybridized carbons (Fsp3) is 0.187. The van der Waals surface area contributed by atoms with Crippen LogP contribution in [0.4, 0.5) is 26.3 Å². The predicted octanol–water partition coefficient (Wildman–Crippen LogP) is 7.08. The molecule has 6 heterocycles. The number of halogens is 12. The van der Waals surface area contributed by atoms with Crippen molar-refractivity contribution in [3.05, 3.63) is 276 Å². The molecule has 0 fully saturated rings. The summed E-state index contributed by atoms with van der Waals surface area (Å²) in [6, 6.07) is 26.5. The maximum absolute atomic E-state index is 14.6. The number of carbonyl (C=O) groups is 6. The average Bonchev–Trinajstić information content (AvgIpc) is 1.55. The molecule has 0 aliphatic heterocycles. The second kappa shape index (κ2) is 71.7. The van der Waals surface area contributed by atoms with Crippen LogP contribution in [0.1, 0.15) is 115 Å². The van der Waals surface area contributed by atoms with Crippen LogP contribution in [0.5, 0.6) is 34.5 Å². The van der Waals surface area contributed by atoms with Gasteiger partial charge in [-0.2, -0.15) is 73.3 Å². The molecule has 0 saturated carbocycles. The van der Waals surface area contributed by atoms with Gasteiger partial charge in [0.2, 0.25) is 5.78 Å². The number of hydrogen-bond donors (Lipinski definition) is 5. The molecule has 0 amide bonds. The van der Waals surface area contributed by atoms with Crippen molar-refractivity contribution in [1.29, 1.82) is 0 Å². The Morgan fingerprint density at radius 3 is 1.23 bits per heavy atom. The van der Waals surface area contributed by atoms with Gasteiger partial charge < -0.3 is 76.9 Å². The molecule has 0 aliphatic rings. The van der Waals surface area contributed by atoms with E-state index in [0.29, 0.717) is 40.8 Å². The first-order valence-electron chi connectivity index (χ1n) is 32.8. The van der Waals surface area contributed by atoms with Crippen LogP contribution in [0, 0.1) is 6.92 Å². The minimum atomic E-state index is -3.39. The van der Waals surface area contributed by atoms with Crippen LogP contribution in [0.15, 0.2) is 211 Å². The molecule has 0 aliphatic carbocycles. The summed E-state index contributed by atoms with van der Waals surface area (Å²) in [4.78, 5) is 88.8. The van der Waals surface area contributed by atoms with Crippen molar-refractivity contribution in [2.45, 2.75) is 82.7 Å². The molecule has 675 valence electrons. The number of aldehydes is 1. The van der Waals surface area contributed by atoms with E-state index in [4.69, 9.17) is 42.1 Å². The van der Waals surface area contributed by atoms with E-state index in [1.165, 1.54) is 158 Å². The Morgan fingerprint density at radius 2 is 0.906 bits per heavy atom. The Morgan fingerprint density at radius 1 is 0.547 bits per heavy atom. The standard InChI is InChI=1S/C14H12BrF2NO3S.2C13H10BrF2NO3S.C10H8BrNO2S.C10H6BrNO2S.C7H5BrO2.C4H9.C3H3NS.CH2O3.Li.Mn.3Na.H2O.2O.3H2S/c1-8(12(19)20-2)21-11-4-3-9(15)7-10(11)14(16,17)13-18-5-6-22-13;2*1-7(11(18)19)20-10-3-2-8(14)6-9(10)13(15,16)12-17-4-5-21-12;2*11-6-1-2-8(13)7(5-6)9(14)10-12-3-4-15-10;8-6-1-2-7(10)5(3-6)4-9;1-3-4-2;1-2-5-3-4-1;2-1-4-3;;;;;;;;;;;/h3-8H,1-2H3;2*2-7H,1H3,(H,18,19);1-5,9,13-14H;1-5,13H;1-4,10H;1,3-4H2,2H3;1-3H;1,3H;;;;;;1H2;;;3*1H2/q;;;;;;-1;;;+1;;3*+1;;;;;;/p-3/t8-;2*7-;;;;;;;;;;;;;;;;;/m000................./s1. The Hall–Kier alpha value is -3.77. The Kier molecular flexibility index (Phi) is 75.6. The van der Waals surface area contributed by atoms with Gasteiger partial charge in [0.05, 0.1) is 46.4 Å². The topological polar surface area (TPSA) is 437 Å². The van der Waals surface area contributed by atoms with Crippen LogP contribution >= 0.6 is 204 Å². The second-order valence-corrected chi connectivity index (χ2v) is 33.0. The number of phenols is 3. The van der Waals surface area contributed by atoms with Crippen molar-refractivity contribution in [3.63, 3.8) is 0 Å². The van der Waals surface area contributed by atoms with E-state index in [-0.39, 0.29) is 221 Å². The molecule has 6 aromatic carbocycles. The van der Waals surface area contributed by atoms with Crippen LogP contribution in [0.3, 0.4) is 0 Å². The molecule has 0 spiro atoms. The molecule has 12 rings (SSSR count). The SMILES string of the molecule is COC(=O)[C@H](C)Oc1ccc(Br)cc1C(F)(F)c1nccs1.C[C@H](Oc1ccc(Br)cc1C(F)(F)c1nccs1)C(=O)O.C[C@H](Oc1ccc(Br)cc1C(F)(F)c1nccs1)C(=O)[O-].O=C(c1nccs1)c1cc(Br)ccc1O.O=CO[O-].O=Cc1cc(Br)ccc1O.Oc1ccc(Br)cc1C(O)c1nccs1.S.S.S.[CH2-]CCC.[Li+].[Na+].[Na+].[Na+].[OH-].[O]=[Mn]=[O].c1cscn1. The molecule has 12 aromatic rings. The van der Waals surface area contributed by atoms with Gasteiger partial charge in [-0.15, -0.1) is 68.0 Å². The Labute approximate surface area is 909 Å². The Bertz CT molecular complexity index is 5060. The molecule has 4 atom stereocenters. The first-order chi connectivity index (χ1) is 56.8. The molecule has 0 radical (unpaired) electrons. The zero-order valence-corrected chi connectivity index (χ0v) is 92.4. The molecule has 128 heavy (non-hydrogen) atoms. The summed E-state index contributed by atoms with van der Waals surface area (Å²) >= 11 is 24.3. The first-order valence-corrected chi connectivity index (χ1v) is 43.8. The number of aromatic hydroxyl groups is 3. The molecule has 1 unspecified atom stereocenters. The van der Waals surface area contributed by atoms with Gasteiger partial charge in [0.25, 0.3) is 6.47 Å². The number of benzene rings is 6. The van der Waals surface area contributed by atoms with Crippen LogP contribution in [-0.2, 0) is 69.1 Å². The zero-order chi connectivity index (χ0) is 89.9. The number of methoxy groups -OCH3 is 1. The number of ketones is 1. The number of nitrogens with zero attached hydrogens (tertiary/aromatic N) is 6. The molecule has 53 heteroatoms. The number of aromatic nitrogens is 6. The number of phenolic OH excluding ortho intramolecular Hbond substituents is 3. The molecular formula is C75H70Br6F6LiMnN6Na3O21S9. The summed E-state index contributed by atoms with van der Waals surface area (Å²) in [5.41, 5.74) is 1.56. The number of aliphatic carboxylic acids is 2. The monoisotopic (exact) mass is 2400 g/mol. The summed E-state index contributed by atoms with van der Waals surface area (Å²) in [6.45, 7) is 9.46. The quantitative estimate of drug-likeness (QED) is 0.00660. The predicted molar refractivity (Wildman–Crippen MR) is 481 cm³/mol. The fourth-order valence-electron chi connectivity index (χ4n) is 8.10. The number of unbranched alkanes of at least 4 members (excludes halogenated alkanes) is 1. The summed E-state index contributed by atoms with van der Waals surface area (Å²) in [7, 11) is 1.20. The molecule has 0 bridgehead atoms. The molecule has 0 saturated heterocycles. The average molecular weight is 2400 g/mol. The van der Waals surface area contributed by atoms with Crippen molar-refractivity contribution in [2.24, 2.45) is 0 Å². The second-order valence-electron chi connectivity index (χ2n) is 22.0. The normalized spacial score (nSPS) is 10.7. The van der Waals surface area contributed by atoms with Crippen molar-refractivity contribution in [2.75, 3.05) is 7.11 Å². The number of alkyl halides is 6. The Balaban J connectivity index is -0.000000336. The maximum Gasteiger partial charge on any atom is 0.0791 e. The van der Waals surface area contributed by atoms with Crippen LogP contribution in [0.2, 0.25) is 0 Å². The minimum absolute atomic E-state index is 0. The van der Waals surface area contributed by atoms with E-state index in [1.54, 1.807) is 88.7 Å². The van der Waals surface area contributed by atoms with E-state index in [0.717, 1.165) is 53.8 Å². The van der Waals surface area contributed by atoms with E-state index in [2.05, 4.69) is 149 Å². The van der Waals surface area contributed by atoms with E-state index in [1.807, 2.05) is 5.38 Å². The van der Waals surface area contributed by atoms with Crippen molar-refractivity contribution in [3.8, 4) is 34.5 Å². The fourth-order valence-corrected chi connectivity index (χ4v) is 13.8. The first kappa shape index (κ1) is 135. The van der Waals surface area contributed by atoms with Crippen LogP contribution in [0.25, 0.3) is 0 Å². The van der Waals surface area contributed by atoms with Crippen LogP contribution < -0.4 is 132 Å². The molecule has 6 aromatic heterocycles. The number of carbonyl (C=O) groups excluding carboxylic acids is 5. The minimum Gasteiger partial charge on any atom is -0.253 e. The van der Waals surface area contributed by atoms with Gasteiger partial charge in [-0.25, -0.2) is 34.5 Å². The number of carboxylic acid groups (broad SMARTS) is 2. The van der Waals surface area contributed by atoms with Gasteiger partial charge in [-0.3, -0.25) is 19.4 Å². The number of rotatable bonds is 22. The van der Waals surface area contributed by atoms with Gasteiger partial charge in [0.15, 0.2) is 38.5 Å². The van der Waals surface area contributed by atoms with Gasteiger partial charge in [-0.1, -0.05) is 109 Å². The van der Waals surface area contributed by atoms with Crippen molar-refractivity contribution < 1.29 is 250 Å². The third-order valence-electron chi connectivity index (χ3n) is 13.7. The smallest absolute Gasteiger partial charge is 0.0791 e. The number of carboxylic acids is 2. The molecule has 27 nitrogen and oxygen atoms in total. The number of thiazole rings is 6. The zero-order valence-electron chi connectivity index (χ0n) is 67.8. The van der Waals surface area contributed by atoms with E-state index >= 15 is 0 Å². The summed E-state index contributed by atoms with van der Waals surface area (Å²) < 4.78 is 128. The number of esters is 1. The van der Waals surface area contributed by atoms with E-state index < -0.39 is 91.0 Å². The number of hydrogen-bond acceptors (Lipinski definition) is 32. The number of aliphatic hydroxyl groups excluding tert-OH is 1. The van der Waals surface area contributed by atoms with Crippen molar-refractivity contribution in [1.82, 2.24) is 29.9 Å². The third kappa shape index (κ3) is 46.6. The summed E-state index contributed by atoms with van der Waals surface area (Å²) in [6.07, 6.45) is 7.25. The van der Waals surface area contributed by atoms with Gasteiger partial charge >= 0.3 is 160 Å². The molecule has 6 N–H and O–H groups in total. The molecular weight excluding hydrogens is 2330 g/mol. The van der Waals surface area contributed by atoms with Crippen LogP contribution in [-0.4, -0.2) is 123 Å².